The largest absolute Gasteiger partial charge is 0.468 e. The van der Waals surface area contributed by atoms with Crippen LogP contribution < -0.4 is 10.6 Å². The number of esters is 1. The molecule has 26 heavy (non-hydrogen) atoms. The highest BCUT2D eigenvalue weighted by Gasteiger charge is 2.11. The zero-order valence-corrected chi connectivity index (χ0v) is 13.8. The van der Waals surface area contributed by atoms with Gasteiger partial charge in [0.2, 0.25) is 0 Å². The molecule has 2 aromatic heterocycles. The van der Waals surface area contributed by atoms with E-state index in [1.54, 1.807) is 40.9 Å². The van der Waals surface area contributed by atoms with Crippen molar-refractivity contribution in [1.29, 1.82) is 0 Å². The number of methoxy groups -OCH3 is 1. The fourth-order valence-corrected chi connectivity index (χ4v) is 2.23. The summed E-state index contributed by atoms with van der Waals surface area (Å²) >= 11 is 0. The Morgan fingerprint density at radius 1 is 1.12 bits per heavy atom. The average Bonchev–Trinajstić information content (AvgIpc) is 3.13. The minimum atomic E-state index is -0.549. The van der Waals surface area contributed by atoms with Crippen LogP contribution in [0, 0.1) is 0 Å². The summed E-state index contributed by atoms with van der Waals surface area (Å²) in [5.41, 5.74) is 1.80. The Morgan fingerprint density at radius 2 is 1.96 bits per heavy atom. The van der Waals surface area contributed by atoms with Crippen molar-refractivity contribution in [3.8, 4) is 0 Å². The highest BCUT2D eigenvalue weighted by molar-refractivity contribution is 6.05. The number of carbonyl (C=O) groups excluding carboxylic acids is 3. The molecule has 0 aliphatic rings. The number of aromatic nitrogens is 3. The van der Waals surface area contributed by atoms with Gasteiger partial charge in [0, 0.05) is 17.4 Å². The predicted octanol–water partition coefficient (Wildman–Crippen LogP) is 0.884. The van der Waals surface area contributed by atoms with Gasteiger partial charge in [0.1, 0.15) is 12.9 Å². The first-order valence-electron chi connectivity index (χ1n) is 7.62. The minimum absolute atomic E-state index is 0.231. The third kappa shape index (κ3) is 3.83. The third-order valence-electron chi connectivity index (χ3n) is 3.56. The molecule has 0 fully saturated rings. The molecule has 2 heterocycles. The van der Waals surface area contributed by atoms with Crippen LogP contribution in [0.25, 0.3) is 5.65 Å². The summed E-state index contributed by atoms with van der Waals surface area (Å²) in [5, 5.41) is 12.8. The van der Waals surface area contributed by atoms with Crippen molar-refractivity contribution in [2.45, 2.75) is 0 Å². The molecule has 0 aliphatic carbocycles. The lowest BCUT2D eigenvalue weighted by molar-refractivity contribution is -0.139. The summed E-state index contributed by atoms with van der Waals surface area (Å²) in [6, 6.07) is 9.69. The molecule has 0 bridgehead atoms. The van der Waals surface area contributed by atoms with Crippen LogP contribution in [0.2, 0.25) is 0 Å². The number of fused-ring (bicyclic) bond motifs is 1. The van der Waals surface area contributed by atoms with Gasteiger partial charge in [-0.1, -0.05) is 6.07 Å². The van der Waals surface area contributed by atoms with Gasteiger partial charge >= 0.3 is 5.97 Å². The van der Waals surface area contributed by atoms with Gasteiger partial charge in [-0.2, -0.15) is 0 Å². The Balaban J connectivity index is 1.70. The maximum atomic E-state index is 12.4. The molecule has 0 unspecified atom stereocenters. The van der Waals surface area contributed by atoms with E-state index in [4.69, 9.17) is 0 Å². The fourth-order valence-electron chi connectivity index (χ4n) is 2.23. The lowest BCUT2D eigenvalue weighted by Crippen LogP contribution is -2.30. The van der Waals surface area contributed by atoms with Crippen molar-refractivity contribution in [3.63, 3.8) is 0 Å². The van der Waals surface area contributed by atoms with Crippen LogP contribution in [0.1, 0.15) is 20.7 Å². The van der Waals surface area contributed by atoms with Gasteiger partial charge in [-0.15, -0.1) is 10.2 Å². The van der Waals surface area contributed by atoms with E-state index in [1.165, 1.54) is 19.5 Å². The van der Waals surface area contributed by atoms with Gasteiger partial charge in [0.05, 0.1) is 12.7 Å². The van der Waals surface area contributed by atoms with Gasteiger partial charge in [-0.25, -0.2) is 0 Å². The number of ether oxygens (including phenoxy) is 1. The molecule has 1 aromatic carbocycles. The van der Waals surface area contributed by atoms with Crippen molar-refractivity contribution in [3.05, 3.63) is 60.0 Å². The van der Waals surface area contributed by atoms with E-state index in [2.05, 4.69) is 25.6 Å². The highest BCUT2D eigenvalue weighted by atomic mass is 16.5. The van der Waals surface area contributed by atoms with Crippen LogP contribution in [0.5, 0.6) is 0 Å². The fraction of sp³-hybridized carbons (Fsp3) is 0.118. The van der Waals surface area contributed by atoms with Crippen molar-refractivity contribution in [2.24, 2.45) is 0 Å². The Hall–Kier alpha value is -3.75. The second-order valence-electron chi connectivity index (χ2n) is 5.31. The van der Waals surface area contributed by atoms with Crippen molar-refractivity contribution >= 4 is 29.1 Å². The number of hydrogen-bond donors (Lipinski definition) is 2. The number of carbonyl (C=O) groups is 3. The first-order chi connectivity index (χ1) is 12.6. The third-order valence-corrected chi connectivity index (χ3v) is 3.56. The number of nitrogens with zero attached hydrogens (tertiary/aromatic N) is 3. The van der Waals surface area contributed by atoms with E-state index >= 15 is 0 Å². The molecule has 0 saturated carbocycles. The molecule has 2 N–H and O–H groups in total. The van der Waals surface area contributed by atoms with Crippen LogP contribution in [-0.4, -0.2) is 46.0 Å². The molecule has 0 aliphatic heterocycles. The van der Waals surface area contributed by atoms with Crippen LogP contribution in [-0.2, 0) is 9.53 Å². The quantitative estimate of drug-likeness (QED) is 0.658. The summed E-state index contributed by atoms with van der Waals surface area (Å²) in [6.45, 7) is -0.231. The molecule has 0 atom stereocenters. The second-order valence-corrected chi connectivity index (χ2v) is 5.31. The summed E-state index contributed by atoms with van der Waals surface area (Å²) in [7, 11) is 1.24. The van der Waals surface area contributed by atoms with Gasteiger partial charge in [0.15, 0.2) is 5.65 Å². The van der Waals surface area contributed by atoms with E-state index in [1.807, 2.05) is 0 Å². The monoisotopic (exact) mass is 353 g/mol. The minimum Gasteiger partial charge on any atom is -0.468 e. The SMILES string of the molecule is COC(=O)CNC(=O)c1cccc(NC(=O)c2ccc3nncn3c2)c1. The van der Waals surface area contributed by atoms with Crippen LogP contribution in [0.4, 0.5) is 5.69 Å². The average molecular weight is 353 g/mol. The molecule has 9 nitrogen and oxygen atoms in total. The molecule has 2 amide bonds. The Labute approximate surface area is 148 Å². The maximum Gasteiger partial charge on any atom is 0.325 e. The molecular formula is C17H15N5O4. The Bertz CT molecular complexity index is 982. The number of anilines is 1. The number of pyridine rings is 1. The molecule has 0 saturated heterocycles. The van der Waals surface area contributed by atoms with Crippen molar-refractivity contribution < 1.29 is 19.1 Å². The van der Waals surface area contributed by atoms with E-state index < -0.39 is 11.9 Å². The molecule has 132 valence electrons. The van der Waals surface area contributed by atoms with Crippen LogP contribution in [0.15, 0.2) is 48.9 Å². The lowest BCUT2D eigenvalue weighted by Gasteiger charge is -2.08. The van der Waals surface area contributed by atoms with E-state index in [0.29, 0.717) is 22.5 Å². The molecule has 3 aromatic rings. The van der Waals surface area contributed by atoms with E-state index in [-0.39, 0.29) is 12.5 Å². The zero-order valence-electron chi connectivity index (χ0n) is 13.8. The summed E-state index contributed by atoms with van der Waals surface area (Å²) < 4.78 is 6.10. The van der Waals surface area contributed by atoms with Gasteiger partial charge in [-0.3, -0.25) is 18.8 Å². The van der Waals surface area contributed by atoms with E-state index in [9.17, 15) is 14.4 Å². The molecular weight excluding hydrogens is 338 g/mol. The Kier molecular flexibility index (Phi) is 4.88. The second kappa shape index (κ2) is 7.43. The zero-order chi connectivity index (χ0) is 18.5. The van der Waals surface area contributed by atoms with Crippen LogP contribution in [0.3, 0.4) is 0 Å². The number of amides is 2. The number of nitrogens with one attached hydrogen (secondary N) is 2. The van der Waals surface area contributed by atoms with Crippen LogP contribution >= 0.6 is 0 Å². The van der Waals surface area contributed by atoms with Gasteiger partial charge in [-0.05, 0) is 30.3 Å². The van der Waals surface area contributed by atoms with Gasteiger partial charge in [0.25, 0.3) is 11.8 Å². The smallest absolute Gasteiger partial charge is 0.325 e. The number of hydrogen-bond acceptors (Lipinski definition) is 6. The first kappa shape index (κ1) is 17.1. The summed E-state index contributed by atoms with van der Waals surface area (Å²) in [5.74, 6) is -1.34. The summed E-state index contributed by atoms with van der Waals surface area (Å²) in [4.78, 5) is 35.5. The molecule has 9 heteroatoms. The van der Waals surface area contributed by atoms with Gasteiger partial charge < -0.3 is 15.4 Å². The standard InChI is InChI=1S/C17H15N5O4/c1-26-15(23)8-18-16(24)11-3-2-4-13(7-11)20-17(25)12-5-6-14-21-19-10-22(14)9-12/h2-7,9-10H,8H2,1H3,(H,18,24)(H,20,25). The topological polar surface area (TPSA) is 115 Å². The van der Waals surface area contributed by atoms with Crippen molar-refractivity contribution in [2.75, 3.05) is 19.0 Å². The Morgan fingerprint density at radius 3 is 2.77 bits per heavy atom. The number of benzene rings is 1. The molecule has 0 spiro atoms. The normalized spacial score (nSPS) is 10.3. The van der Waals surface area contributed by atoms with Crippen molar-refractivity contribution in [1.82, 2.24) is 19.9 Å². The lowest BCUT2D eigenvalue weighted by atomic mass is 10.1. The predicted molar refractivity (Wildman–Crippen MR) is 91.7 cm³/mol. The molecule has 0 radical (unpaired) electrons. The maximum absolute atomic E-state index is 12.4. The number of rotatable bonds is 5. The first-order valence-corrected chi connectivity index (χ1v) is 7.62. The van der Waals surface area contributed by atoms with E-state index in [0.717, 1.165) is 0 Å². The highest BCUT2D eigenvalue weighted by Crippen LogP contribution is 2.13. The summed E-state index contributed by atoms with van der Waals surface area (Å²) in [6.07, 6.45) is 3.11. The molecule has 3 rings (SSSR count).